The first-order chi connectivity index (χ1) is 11.6. The first-order valence-electron chi connectivity index (χ1n) is 7.35. The van der Waals surface area contributed by atoms with Gasteiger partial charge in [0, 0.05) is 10.0 Å². The maximum atomic E-state index is 12.2. The van der Waals surface area contributed by atoms with Crippen molar-refractivity contribution in [2.24, 2.45) is 0 Å². The normalized spacial score (nSPS) is 11.8. The molecule has 0 saturated heterocycles. The molecule has 0 radical (unpaired) electrons. The number of hydrogen-bond donors (Lipinski definition) is 1. The molecule has 0 unspecified atom stereocenters. The standard InChI is InChI=1S/C18H15BrN2O2S/c1-12(13-5-3-2-4-6-13)23-18(22)21-17-16(20-11-24-17)14-7-9-15(19)10-8-14/h2-12H,1H3,(H,21,22)/t12-/m1/s1. The Morgan fingerprint density at radius 1 is 1.17 bits per heavy atom. The summed E-state index contributed by atoms with van der Waals surface area (Å²) in [5, 5.41) is 3.46. The molecule has 0 saturated carbocycles. The van der Waals surface area contributed by atoms with E-state index in [2.05, 4.69) is 26.2 Å². The molecule has 0 spiro atoms. The average molecular weight is 403 g/mol. The molecule has 2 aromatic carbocycles. The molecule has 3 aromatic rings. The third-order valence-electron chi connectivity index (χ3n) is 3.45. The monoisotopic (exact) mass is 402 g/mol. The SMILES string of the molecule is C[C@@H](OC(=O)Nc1scnc1-c1ccc(Br)cc1)c1ccccc1. The Bertz CT molecular complexity index is 819. The highest BCUT2D eigenvalue weighted by atomic mass is 79.9. The highest BCUT2D eigenvalue weighted by Gasteiger charge is 2.15. The molecule has 4 nitrogen and oxygen atoms in total. The highest BCUT2D eigenvalue weighted by Crippen LogP contribution is 2.31. The number of rotatable bonds is 4. The maximum Gasteiger partial charge on any atom is 0.412 e. The number of nitrogens with one attached hydrogen (secondary N) is 1. The largest absolute Gasteiger partial charge is 0.441 e. The average Bonchev–Trinajstić information content (AvgIpc) is 3.04. The molecule has 1 atom stereocenters. The molecule has 0 aliphatic rings. The molecular weight excluding hydrogens is 388 g/mol. The van der Waals surface area contributed by atoms with Crippen molar-refractivity contribution in [3.8, 4) is 11.3 Å². The third kappa shape index (κ3) is 4.01. The van der Waals surface area contributed by atoms with Crippen molar-refractivity contribution in [1.82, 2.24) is 4.98 Å². The van der Waals surface area contributed by atoms with Gasteiger partial charge in [-0.25, -0.2) is 9.78 Å². The van der Waals surface area contributed by atoms with Gasteiger partial charge in [-0.05, 0) is 24.6 Å². The maximum absolute atomic E-state index is 12.2. The van der Waals surface area contributed by atoms with Gasteiger partial charge in [0.05, 0.1) is 5.51 Å². The molecule has 1 heterocycles. The lowest BCUT2D eigenvalue weighted by atomic mass is 10.1. The second-order valence-electron chi connectivity index (χ2n) is 5.12. The zero-order valence-electron chi connectivity index (χ0n) is 12.9. The van der Waals surface area contributed by atoms with Crippen LogP contribution in [0.2, 0.25) is 0 Å². The fraction of sp³-hybridized carbons (Fsp3) is 0.111. The van der Waals surface area contributed by atoms with Crippen LogP contribution in [0.1, 0.15) is 18.6 Å². The van der Waals surface area contributed by atoms with E-state index in [4.69, 9.17) is 4.74 Å². The van der Waals surface area contributed by atoms with Crippen LogP contribution in [0.4, 0.5) is 9.80 Å². The van der Waals surface area contributed by atoms with E-state index in [1.807, 2.05) is 61.5 Å². The van der Waals surface area contributed by atoms with Gasteiger partial charge in [-0.2, -0.15) is 0 Å². The van der Waals surface area contributed by atoms with Crippen LogP contribution >= 0.6 is 27.3 Å². The lowest BCUT2D eigenvalue weighted by Crippen LogP contribution is -2.15. The lowest BCUT2D eigenvalue weighted by Gasteiger charge is -2.14. The summed E-state index contributed by atoms with van der Waals surface area (Å²) < 4.78 is 6.43. The number of thiazole rings is 1. The number of anilines is 1. The van der Waals surface area contributed by atoms with Crippen molar-refractivity contribution < 1.29 is 9.53 Å². The summed E-state index contributed by atoms with van der Waals surface area (Å²) in [6.07, 6.45) is -0.816. The van der Waals surface area contributed by atoms with Gasteiger partial charge >= 0.3 is 6.09 Å². The zero-order chi connectivity index (χ0) is 16.9. The fourth-order valence-corrected chi connectivity index (χ4v) is 3.18. The Hall–Kier alpha value is -2.18. The highest BCUT2D eigenvalue weighted by molar-refractivity contribution is 9.10. The van der Waals surface area contributed by atoms with Crippen LogP contribution < -0.4 is 5.32 Å². The second kappa shape index (κ2) is 7.59. The predicted molar refractivity (Wildman–Crippen MR) is 100 cm³/mol. The number of hydrogen-bond acceptors (Lipinski definition) is 4. The number of benzene rings is 2. The molecule has 1 N–H and O–H groups in total. The third-order valence-corrected chi connectivity index (χ3v) is 4.72. The second-order valence-corrected chi connectivity index (χ2v) is 6.89. The number of carbonyl (C=O) groups excluding carboxylic acids is 1. The molecule has 0 fully saturated rings. The molecule has 6 heteroatoms. The molecule has 3 rings (SSSR count). The Labute approximate surface area is 152 Å². The summed E-state index contributed by atoms with van der Waals surface area (Å²) in [4.78, 5) is 16.5. The quantitative estimate of drug-likeness (QED) is 0.592. The van der Waals surface area contributed by atoms with Crippen molar-refractivity contribution in [2.75, 3.05) is 5.32 Å². The van der Waals surface area contributed by atoms with E-state index in [-0.39, 0.29) is 6.10 Å². The Morgan fingerprint density at radius 2 is 1.88 bits per heavy atom. The number of halogens is 1. The number of carbonyl (C=O) groups is 1. The van der Waals surface area contributed by atoms with Gasteiger partial charge in [-0.3, -0.25) is 5.32 Å². The van der Waals surface area contributed by atoms with Crippen LogP contribution in [0.15, 0.2) is 64.6 Å². The van der Waals surface area contributed by atoms with Crippen LogP contribution in [0.25, 0.3) is 11.3 Å². The van der Waals surface area contributed by atoms with E-state index in [0.717, 1.165) is 21.3 Å². The number of aromatic nitrogens is 1. The summed E-state index contributed by atoms with van der Waals surface area (Å²) in [6, 6.07) is 17.4. The molecule has 1 aromatic heterocycles. The molecular formula is C18H15BrN2O2S. The van der Waals surface area contributed by atoms with Gasteiger partial charge in [-0.15, -0.1) is 11.3 Å². The van der Waals surface area contributed by atoms with Crippen LogP contribution in [-0.2, 0) is 4.74 Å². The van der Waals surface area contributed by atoms with Crippen LogP contribution in [0.5, 0.6) is 0 Å². The summed E-state index contributed by atoms with van der Waals surface area (Å²) in [7, 11) is 0. The van der Waals surface area contributed by atoms with E-state index in [1.54, 1.807) is 5.51 Å². The van der Waals surface area contributed by atoms with Gasteiger partial charge in [0.15, 0.2) is 0 Å². The van der Waals surface area contributed by atoms with Gasteiger partial charge in [0.25, 0.3) is 0 Å². The summed E-state index contributed by atoms with van der Waals surface area (Å²) in [6.45, 7) is 1.84. The minimum absolute atomic E-state index is 0.324. The predicted octanol–water partition coefficient (Wildman–Crippen LogP) is 5.88. The number of amides is 1. The Morgan fingerprint density at radius 3 is 2.58 bits per heavy atom. The molecule has 24 heavy (non-hydrogen) atoms. The minimum Gasteiger partial charge on any atom is -0.441 e. The van der Waals surface area contributed by atoms with Crippen molar-refractivity contribution in [2.45, 2.75) is 13.0 Å². The van der Waals surface area contributed by atoms with Crippen molar-refractivity contribution in [1.29, 1.82) is 0 Å². The van der Waals surface area contributed by atoms with Crippen LogP contribution in [0, 0.1) is 0 Å². The minimum atomic E-state index is -0.492. The molecule has 0 aliphatic heterocycles. The van der Waals surface area contributed by atoms with Crippen molar-refractivity contribution in [3.05, 3.63) is 70.1 Å². The smallest absolute Gasteiger partial charge is 0.412 e. The van der Waals surface area contributed by atoms with Crippen molar-refractivity contribution >= 4 is 38.4 Å². The van der Waals surface area contributed by atoms with Crippen molar-refractivity contribution in [3.63, 3.8) is 0 Å². The van der Waals surface area contributed by atoms with E-state index in [1.165, 1.54) is 11.3 Å². The molecule has 122 valence electrons. The van der Waals surface area contributed by atoms with E-state index >= 15 is 0 Å². The Balaban J connectivity index is 1.69. The van der Waals surface area contributed by atoms with Gasteiger partial charge in [0.2, 0.25) is 0 Å². The first-order valence-corrected chi connectivity index (χ1v) is 9.03. The van der Waals surface area contributed by atoms with Crippen LogP contribution in [0.3, 0.4) is 0 Å². The summed E-state index contributed by atoms with van der Waals surface area (Å²) in [5.41, 5.74) is 4.32. The van der Waals surface area contributed by atoms with E-state index in [9.17, 15) is 4.79 Å². The zero-order valence-corrected chi connectivity index (χ0v) is 15.3. The number of ether oxygens (including phenoxy) is 1. The Kier molecular flexibility index (Phi) is 5.27. The first kappa shape index (κ1) is 16.7. The van der Waals surface area contributed by atoms with Gasteiger partial charge in [-0.1, -0.05) is 58.4 Å². The summed E-state index contributed by atoms with van der Waals surface area (Å²) >= 11 is 4.77. The van der Waals surface area contributed by atoms with Gasteiger partial charge < -0.3 is 4.74 Å². The molecule has 1 amide bonds. The van der Waals surface area contributed by atoms with E-state index < -0.39 is 6.09 Å². The summed E-state index contributed by atoms with van der Waals surface area (Å²) in [5.74, 6) is 0. The fourth-order valence-electron chi connectivity index (χ4n) is 2.22. The lowest BCUT2D eigenvalue weighted by molar-refractivity contribution is 0.121. The topological polar surface area (TPSA) is 51.2 Å². The van der Waals surface area contributed by atoms with Gasteiger partial charge in [0.1, 0.15) is 16.8 Å². The number of nitrogens with zero attached hydrogens (tertiary/aromatic N) is 1. The molecule has 0 aliphatic carbocycles. The van der Waals surface area contributed by atoms with E-state index in [0.29, 0.717) is 5.00 Å². The molecule has 0 bridgehead atoms. The van der Waals surface area contributed by atoms with Crippen LogP contribution in [-0.4, -0.2) is 11.1 Å².